The standard InChI is InChI=1S/C22H27N7O4/c1-15-17(2-3-19(24-15)29-14-23-25-26-29)18(30)12-27-7-4-22(5-8-27)6-9-28(20(31)11-22)16-10-21(32)33-13-16/h2-3,10,14,18,30H,4-9,11-13H2,1H3/t18-/m0/s1. The van der Waals surface area contributed by atoms with Gasteiger partial charge in [-0.25, -0.2) is 9.78 Å². The minimum atomic E-state index is -0.648. The van der Waals surface area contributed by atoms with E-state index >= 15 is 0 Å². The summed E-state index contributed by atoms with van der Waals surface area (Å²) in [6, 6.07) is 3.67. The lowest BCUT2D eigenvalue weighted by atomic mass is 9.71. The number of carbonyl (C=O) groups is 2. The topological polar surface area (TPSA) is 127 Å². The van der Waals surface area contributed by atoms with Crippen LogP contribution in [-0.4, -0.2) is 84.8 Å². The average molecular weight is 454 g/mol. The van der Waals surface area contributed by atoms with E-state index in [1.807, 2.05) is 13.0 Å². The Morgan fingerprint density at radius 3 is 2.61 bits per heavy atom. The highest BCUT2D eigenvalue weighted by Crippen LogP contribution is 2.43. The molecular formula is C22H27N7O4. The Kier molecular flexibility index (Phi) is 5.67. The van der Waals surface area contributed by atoms with Gasteiger partial charge in [0.25, 0.3) is 0 Å². The summed E-state index contributed by atoms with van der Waals surface area (Å²) >= 11 is 0. The fourth-order valence-corrected chi connectivity index (χ4v) is 5.09. The predicted octanol–water partition coefficient (Wildman–Crippen LogP) is 0.544. The van der Waals surface area contributed by atoms with E-state index in [-0.39, 0.29) is 23.9 Å². The van der Waals surface area contributed by atoms with Crippen molar-refractivity contribution in [2.24, 2.45) is 5.41 Å². The van der Waals surface area contributed by atoms with Crippen molar-refractivity contribution in [2.75, 3.05) is 32.8 Å². The number of rotatable bonds is 5. The van der Waals surface area contributed by atoms with E-state index < -0.39 is 6.10 Å². The summed E-state index contributed by atoms with van der Waals surface area (Å²) in [5.41, 5.74) is 2.21. The van der Waals surface area contributed by atoms with E-state index in [1.165, 1.54) is 17.1 Å². The van der Waals surface area contributed by atoms with Gasteiger partial charge in [0.2, 0.25) is 5.91 Å². The average Bonchev–Trinajstić information content (AvgIpc) is 3.48. The molecule has 5 rings (SSSR count). The number of hydrogen-bond acceptors (Lipinski definition) is 9. The molecule has 11 nitrogen and oxygen atoms in total. The summed E-state index contributed by atoms with van der Waals surface area (Å²) < 4.78 is 6.44. The van der Waals surface area contributed by atoms with Gasteiger partial charge in [-0.05, 0) is 61.2 Å². The number of pyridine rings is 1. The molecule has 11 heteroatoms. The quantitative estimate of drug-likeness (QED) is 0.646. The Labute approximate surface area is 191 Å². The molecule has 2 aromatic heterocycles. The third-order valence-corrected chi connectivity index (χ3v) is 7.09. The van der Waals surface area contributed by atoms with Gasteiger partial charge in [-0.1, -0.05) is 6.07 Å². The first kappa shape index (κ1) is 21.7. The molecule has 33 heavy (non-hydrogen) atoms. The van der Waals surface area contributed by atoms with Crippen LogP contribution in [0.4, 0.5) is 0 Å². The molecule has 1 spiro atoms. The number of cyclic esters (lactones) is 1. The Balaban J connectivity index is 1.16. The molecule has 0 aliphatic carbocycles. The summed E-state index contributed by atoms with van der Waals surface area (Å²) in [7, 11) is 0. The monoisotopic (exact) mass is 453 g/mol. The Bertz CT molecular complexity index is 1080. The molecule has 1 atom stereocenters. The van der Waals surface area contributed by atoms with E-state index in [4.69, 9.17) is 4.74 Å². The number of tetrazole rings is 1. The second-order valence-corrected chi connectivity index (χ2v) is 9.13. The van der Waals surface area contributed by atoms with E-state index in [0.717, 1.165) is 43.6 Å². The zero-order valence-corrected chi connectivity index (χ0v) is 18.6. The van der Waals surface area contributed by atoms with E-state index in [1.54, 1.807) is 11.0 Å². The van der Waals surface area contributed by atoms with Crippen molar-refractivity contribution in [1.82, 2.24) is 35.0 Å². The first-order valence-corrected chi connectivity index (χ1v) is 11.2. The summed E-state index contributed by atoms with van der Waals surface area (Å²) in [5, 5.41) is 21.9. The molecule has 2 aromatic rings. The number of ether oxygens (including phenoxy) is 1. The van der Waals surface area contributed by atoms with Crippen molar-refractivity contribution in [3.63, 3.8) is 0 Å². The third kappa shape index (κ3) is 4.38. The molecule has 3 aliphatic rings. The van der Waals surface area contributed by atoms with Crippen molar-refractivity contribution in [3.05, 3.63) is 41.5 Å². The largest absolute Gasteiger partial charge is 0.456 e. The normalized spacial score (nSPS) is 21.9. The summed E-state index contributed by atoms with van der Waals surface area (Å²) in [4.78, 5) is 32.6. The first-order valence-electron chi connectivity index (χ1n) is 11.2. The molecule has 174 valence electrons. The van der Waals surface area contributed by atoms with Gasteiger partial charge in [0.15, 0.2) is 5.82 Å². The van der Waals surface area contributed by atoms with Crippen LogP contribution < -0.4 is 0 Å². The predicted molar refractivity (Wildman–Crippen MR) is 115 cm³/mol. The molecule has 0 aromatic carbocycles. The number of esters is 1. The van der Waals surface area contributed by atoms with Crippen LogP contribution in [0.25, 0.3) is 5.82 Å². The van der Waals surface area contributed by atoms with Gasteiger partial charge in [-0.3, -0.25) is 4.79 Å². The molecule has 5 heterocycles. The lowest BCUT2D eigenvalue weighted by Gasteiger charge is -2.46. The van der Waals surface area contributed by atoms with Crippen LogP contribution in [0.3, 0.4) is 0 Å². The SMILES string of the molecule is Cc1nc(-n2cnnn2)ccc1[C@@H](O)CN1CCC2(CC1)CCN(C1=CC(=O)OC1)C(=O)C2. The number of aliphatic hydroxyl groups is 1. The molecule has 1 N–H and O–H groups in total. The minimum Gasteiger partial charge on any atom is -0.456 e. The molecular weight excluding hydrogens is 426 g/mol. The van der Waals surface area contributed by atoms with E-state index in [2.05, 4.69) is 25.4 Å². The number of likely N-dealkylation sites (tertiary alicyclic amines) is 2. The van der Waals surface area contributed by atoms with Gasteiger partial charge in [-0.2, -0.15) is 4.68 Å². The van der Waals surface area contributed by atoms with Crippen molar-refractivity contribution >= 4 is 11.9 Å². The van der Waals surface area contributed by atoms with Crippen LogP contribution in [0.5, 0.6) is 0 Å². The van der Waals surface area contributed by atoms with Gasteiger partial charge < -0.3 is 19.6 Å². The summed E-state index contributed by atoms with van der Waals surface area (Å²) in [5.74, 6) is 0.303. The lowest BCUT2D eigenvalue weighted by molar-refractivity contribution is -0.139. The smallest absolute Gasteiger partial charge is 0.333 e. The first-order chi connectivity index (χ1) is 15.9. The third-order valence-electron chi connectivity index (χ3n) is 7.09. The lowest BCUT2D eigenvalue weighted by Crippen LogP contribution is -2.49. The number of aromatic nitrogens is 5. The molecule has 3 aliphatic heterocycles. The molecule has 0 saturated carbocycles. The van der Waals surface area contributed by atoms with Gasteiger partial charge >= 0.3 is 5.97 Å². The number of amides is 1. The van der Waals surface area contributed by atoms with Crippen LogP contribution in [0.1, 0.15) is 43.0 Å². The Morgan fingerprint density at radius 2 is 1.97 bits per heavy atom. The molecule has 2 saturated heterocycles. The Morgan fingerprint density at radius 1 is 1.18 bits per heavy atom. The van der Waals surface area contributed by atoms with Gasteiger partial charge in [0.05, 0.1) is 11.8 Å². The number of β-amino-alcohol motifs (C(OH)–C–C–N with tert-alkyl or cyclic N) is 1. The maximum absolute atomic E-state index is 12.8. The van der Waals surface area contributed by atoms with Crippen LogP contribution in [0.2, 0.25) is 0 Å². The van der Waals surface area contributed by atoms with Crippen LogP contribution in [-0.2, 0) is 14.3 Å². The number of piperidine rings is 2. The van der Waals surface area contributed by atoms with Gasteiger partial charge in [0.1, 0.15) is 12.9 Å². The number of aryl methyl sites for hydroxylation is 1. The molecule has 1 amide bonds. The zero-order chi connectivity index (χ0) is 23.0. The Hall–Kier alpha value is -3.18. The zero-order valence-electron chi connectivity index (χ0n) is 18.6. The summed E-state index contributed by atoms with van der Waals surface area (Å²) in [6.07, 6.45) is 5.51. The number of carbonyl (C=O) groups excluding carboxylic acids is 2. The van der Waals surface area contributed by atoms with Gasteiger partial charge in [-0.15, -0.1) is 5.10 Å². The number of aliphatic hydroxyl groups excluding tert-OH is 1. The maximum atomic E-state index is 12.8. The highest BCUT2D eigenvalue weighted by Gasteiger charge is 2.42. The molecule has 0 radical (unpaired) electrons. The fourth-order valence-electron chi connectivity index (χ4n) is 5.09. The number of hydrogen-bond donors (Lipinski definition) is 1. The van der Waals surface area contributed by atoms with E-state index in [0.29, 0.717) is 31.0 Å². The van der Waals surface area contributed by atoms with Gasteiger partial charge in [0, 0.05) is 36.8 Å². The molecule has 0 bridgehead atoms. The molecule has 2 fully saturated rings. The van der Waals surface area contributed by atoms with Crippen LogP contribution in [0, 0.1) is 12.3 Å². The minimum absolute atomic E-state index is 0.00399. The molecule has 0 unspecified atom stereocenters. The maximum Gasteiger partial charge on any atom is 0.333 e. The van der Waals surface area contributed by atoms with Crippen molar-refractivity contribution in [1.29, 1.82) is 0 Å². The second kappa shape index (κ2) is 8.64. The van der Waals surface area contributed by atoms with Crippen molar-refractivity contribution in [3.8, 4) is 5.82 Å². The highest BCUT2D eigenvalue weighted by molar-refractivity contribution is 5.88. The van der Waals surface area contributed by atoms with Crippen molar-refractivity contribution in [2.45, 2.75) is 38.7 Å². The second-order valence-electron chi connectivity index (χ2n) is 9.13. The van der Waals surface area contributed by atoms with E-state index in [9.17, 15) is 14.7 Å². The van der Waals surface area contributed by atoms with Crippen LogP contribution >= 0.6 is 0 Å². The highest BCUT2D eigenvalue weighted by atomic mass is 16.5. The van der Waals surface area contributed by atoms with Crippen molar-refractivity contribution < 1.29 is 19.4 Å². The summed E-state index contributed by atoms with van der Waals surface area (Å²) in [6.45, 7) is 4.88. The van der Waals surface area contributed by atoms with Crippen LogP contribution in [0.15, 0.2) is 30.2 Å². The fraction of sp³-hybridized carbons (Fsp3) is 0.545. The number of nitrogens with zero attached hydrogens (tertiary/aromatic N) is 7.